The summed E-state index contributed by atoms with van der Waals surface area (Å²) < 4.78 is 37.0. The number of hydrogen-bond acceptors (Lipinski definition) is 6. The van der Waals surface area contributed by atoms with E-state index in [1.165, 1.54) is 26.8 Å². The van der Waals surface area contributed by atoms with Gasteiger partial charge in [-0.3, -0.25) is 4.79 Å². The number of thiazole rings is 1. The average Bonchev–Trinajstić information content (AvgIpc) is 3.49. The fourth-order valence-electron chi connectivity index (χ4n) is 5.05. The molecule has 2 aliphatic carbocycles. The summed E-state index contributed by atoms with van der Waals surface area (Å²) in [5.74, 6) is 0. The fourth-order valence-corrected chi connectivity index (χ4v) is 7.36. The van der Waals surface area contributed by atoms with E-state index in [9.17, 15) is 13.2 Å². The quantitative estimate of drug-likeness (QED) is 0.626. The molecule has 0 bridgehead atoms. The van der Waals surface area contributed by atoms with Crippen LogP contribution in [0.15, 0.2) is 12.3 Å². The third-order valence-electron chi connectivity index (χ3n) is 6.47. The van der Waals surface area contributed by atoms with Gasteiger partial charge in [0.15, 0.2) is 11.2 Å². The molecule has 2 amide bonds. The third kappa shape index (κ3) is 5.11. The summed E-state index contributed by atoms with van der Waals surface area (Å²) in [4.78, 5) is 18.1. The van der Waals surface area contributed by atoms with E-state index in [-0.39, 0.29) is 35.6 Å². The molecule has 8 nitrogen and oxygen atoms in total. The molecule has 11 heteroatoms. The van der Waals surface area contributed by atoms with Crippen molar-refractivity contribution >= 4 is 38.4 Å². The van der Waals surface area contributed by atoms with Crippen molar-refractivity contribution in [2.45, 2.75) is 64.3 Å². The molecular formula is C22H27N4NaO4S2. The first-order chi connectivity index (χ1) is 15.4. The molecule has 1 N–H and O–H groups in total. The standard InChI is InChI=1S/C22H28N4O4S2.Na/c1-14-13-23-22(31-14)26(17-8-10-30-11-9-17)32(28,29)25-21(27)24-20-18-6-2-4-15(18)12-16-5-3-7-19(16)20;/h12-13,17H,2-11H2,1H3,(H2,24,25,27);/q;+1/p-1. The first-order valence-electron chi connectivity index (χ1n) is 11.2. The second kappa shape index (κ2) is 10.2. The van der Waals surface area contributed by atoms with Gasteiger partial charge in [-0.1, -0.05) is 6.07 Å². The average molecular weight is 499 g/mol. The van der Waals surface area contributed by atoms with Crippen molar-refractivity contribution < 1.29 is 47.5 Å². The molecule has 1 aromatic heterocycles. The Hall–Kier alpha value is -1.17. The van der Waals surface area contributed by atoms with E-state index in [1.54, 1.807) is 6.20 Å². The second-order valence-corrected chi connectivity index (χ2v) is 11.3. The largest absolute Gasteiger partial charge is 1.00 e. The van der Waals surface area contributed by atoms with Crippen molar-refractivity contribution in [3.8, 4) is 0 Å². The Balaban J connectivity index is 0.00000259. The predicted octanol–water partition coefficient (Wildman–Crippen LogP) is 1.27. The molecule has 0 atom stereocenters. The van der Waals surface area contributed by atoms with Crippen LogP contribution in [-0.2, 0) is 40.6 Å². The molecule has 2 heterocycles. The maximum absolute atomic E-state index is 13.3. The van der Waals surface area contributed by atoms with Crippen LogP contribution in [0.4, 0.5) is 15.6 Å². The Morgan fingerprint density at radius 3 is 2.36 bits per heavy atom. The molecule has 0 radical (unpaired) electrons. The van der Waals surface area contributed by atoms with Gasteiger partial charge in [0.05, 0.1) is 6.04 Å². The normalized spacial score (nSPS) is 17.7. The van der Waals surface area contributed by atoms with Crippen LogP contribution in [-0.4, -0.2) is 38.7 Å². The van der Waals surface area contributed by atoms with Gasteiger partial charge in [0, 0.05) is 24.3 Å². The molecule has 1 aromatic carbocycles. The number of aryl methyl sites for hydroxylation is 3. The van der Waals surface area contributed by atoms with Gasteiger partial charge in [0.1, 0.15) is 0 Å². The van der Waals surface area contributed by atoms with Crippen molar-refractivity contribution in [3.63, 3.8) is 0 Å². The number of urea groups is 1. The Labute approximate surface area is 221 Å². The predicted molar refractivity (Wildman–Crippen MR) is 125 cm³/mol. The summed E-state index contributed by atoms with van der Waals surface area (Å²) in [7, 11) is -4.27. The van der Waals surface area contributed by atoms with Crippen LogP contribution in [0.25, 0.3) is 4.72 Å². The van der Waals surface area contributed by atoms with E-state index < -0.39 is 16.2 Å². The Morgan fingerprint density at radius 1 is 1.15 bits per heavy atom. The second-order valence-electron chi connectivity index (χ2n) is 8.63. The van der Waals surface area contributed by atoms with Gasteiger partial charge in [-0.05, 0) is 86.2 Å². The van der Waals surface area contributed by atoms with Gasteiger partial charge in [-0.2, -0.15) is 0 Å². The first-order valence-corrected chi connectivity index (χ1v) is 13.4. The number of fused-ring (bicyclic) bond motifs is 2. The Bertz CT molecular complexity index is 1110. The summed E-state index contributed by atoms with van der Waals surface area (Å²) in [5.41, 5.74) is 5.61. The molecule has 1 aliphatic heterocycles. The maximum atomic E-state index is 13.3. The zero-order valence-electron chi connectivity index (χ0n) is 19.1. The van der Waals surface area contributed by atoms with Gasteiger partial charge in [0.25, 0.3) is 10.2 Å². The zero-order valence-corrected chi connectivity index (χ0v) is 22.7. The number of amides is 2. The van der Waals surface area contributed by atoms with Crippen LogP contribution in [0, 0.1) is 6.92 Å². The van der Waals surface area contributed by atoms with Crippen molar-refractivity contribution in [1.29, 1.82) is 0 Å². The number of anilines is 2. The van der Waals surface area contributed by atoms with Gasteiger partial charge in [0.2, 0.25) is 0 Å². The molecule has 1 fully saturated rings. The zero-order chi connectivity index (χ0) is 22.3. The minimum atomic E-state index is -4.27. The molecule has 3 aliphatic rings. The van der Waals surface area contributed by atoms with Crippen LogP contribution < -0.4 is 39.2 Å². The number of nitrogens with one attached hydrogen (secondary N) is 1. The van der Waals surface area contributed by atoms with Crippen LogP contribution >= 0.6 is 11.3 Å². The minimum Gasteiger partial charge on any atom is -0.423 e. The monoisotopic (exact) mass is 498 g/mol. The number of aromatic nitrogens is 1. The van der Waals surface area contributed by atoms with Crippen molar-refractivity contribution in [1.82, 2.24) is 4.98 Å². The topological polar surface area (TPSA) is 103 Å². The summed E-state index contributed by atoms with van der Waals surface area (Å²) >= 11 is 1.28. The molecule has 172 valence electrons. The molecule has 0 spiro atoms. The third-order valence-corrected chi connectivity index (χ3v) is 8.86. The van der Waals surface area contributed by atoms with Gasteiger partial charge in [-0.25, -0.2) is 17.7 Å². The molecule has 0 saturated carbocycles. The summed E-state index contributed by atoms with van der Waals surface area (Å²) in [6, 6.07) is 1.09. The van der Waals surface area contributed by atoms with Crippen molar-refractivity contribution in [2.24, 2.45) is 0 Å². The smallest absolute Gasteiger partial charge is 0.423 e. The van der Waals surface area contributed by atoms with Crippen LogP contribution in [0.1, 0.15) is 52.8 Å². The Morgan fingerprint density at radius 2 is 1.79 bits per heavy atom. The number of hydrogen-bond donors (Lipinski definition) is 1. The van der Waals surface area contributed by atoms with E-state index in [4.69, 9.17) is 4.74 Å². The number of nitrogens with zero attached hydrogens (tertiary/aromatic N) is 3. The van der Waals surface area contributed by atoms with E-state index in [0.717, 1.165) is 60.2 Å². The van der Waals surface area contributed by atoms with Crippen LogP contribution in [0.2, 0.25) is 0 Å². The van der Waals surface area contributed by atoms with E-state index in [0.29, 0.717) is 31.2 Å². The molecule has 0 unspecified atom stereocenters. The summed E-state index contributed by atoms with van der Waals surface area (Å²) in [6.45, 7) is 2.81. The first kappa shape index (κ1) is 24.9. The summed E-state index contributed by atoms with van der Waals surface area (Å²) in [6.07, 6.45) is 8.62. The maximum Gasteiger partial charge on any atom is 1.00 e. The number of carbonyl (C=O) groups excluding carboxylic acids is 1. The van der Waals surface area contributed by atoms with E-state index in [1.807, 2.05) is 6.92 Å². The number of carbonyl (C=O) groups is 1. The fraction of sp³-hybridized carbons (Fsp3) is 0.545. The SMILES string of the molecule is Cc1cnc(N(C2CCOCC2)S(=O)(=O)[N-]C(=O)Nc2c3c(cc4c2CCC4)CCC3)s1.[Na+]. The molecular weight excluding hydrogens is 471 g/mol. The van der Waals surface area contributed by atoms with Gasteiger partial charge in [-0.15, -0.1) is 11.3 Å². The van der Waals surface area contributed by atoms with E-state index >= 15 is 0 Å². The summed E-state index contributed by atoms with van der Waals surface area (Å²) in [5, 5.41) is 3.20. The van der Waals surface area contributed by atoms with Crippen LogP contribution in [0.3, 0.4) is 0 Å². The van der Waals surface area contributed by atoms with Crippen molar-refractivity contribution in [2.75, 3.05) is 22.8 Å². The van der Waals surface area contributed by atoms with E-state index in [2.05, 4.69) is 21.1 Å². The van der Waals surface area contributed by atoms with Crippen LogP contribution in [0.5, 0.6) is 0 Å². The number of benzene rings is 1. The molecule has 33 heavy (non-hydrogen) atoms. The number of ether oxygens (including phenoxy) is 1. The number of rotatable bonds is 5. The molecule has 5 rings (SSSR count). The minimum absolute atomic E-state index is 0. The van der Waals surface area contributed by atoms with Crippen molar-refractivity contribution in [3.05, 3.63) is 44.1 Å². The molecule has 1 saturated heterocycles. The van der Waals surface area contributed by atoms with Gasteiger partial charge < -0.3 is 14.8 Å². The molecule has 2 aromatic rings. The van der Waals surface area contributed by atoms with Gasteiger partial charge >= 0.3 is 29.6 Å². The Kier molecular flexibility index (Phi) is 7.72.